The van der Waals surface area contributed by atoms with E-state index in [0.29, 0.717) is 31.2 Å². The lowest BCUT2D eigenvalue weighted by Gasteiger charge is -2.10. The maximum Gasteiger partial charge on any atom is 0.269 e. The molecule has 0 saturated carbocycles. The molecule has 2 aromatic rings. The monoisotopic (exact) mass is 352 g/mol. The van der Waals surface area contributed by atoms with Gasteiger partial charge in [-0.2, -0.15) is 10.4 Å². The molecule has 1 aromatic carbocycles. The highest BCUT2D eigenvalue weighted by Crippen LogP contribution is 2.15. The quantitative estimate of drug-likeness (QED) is 0.261. The van der Waals surface area contributed by atoms with Crippen molar-refractivity contribution in [2.24, 2.45) is 4.99 Å². The zero-order chi connectivity index (χ0) is 18.8. The minimum Gasteiger partial charge on any atom is -0.356 e. The molecule has 0 spiro atoms. The molecule has 136 valence electrons. The van der Waals surface area contributed by atoms with Crippen LogP contribution in [-0.4, -0.2) is 28.8 Å². The van der Waals surface area contributed by atoms with Gasteiger partial charge in [0.2, 0.25) is 5.96 Å². The molecule has 1 aromatic heterocycles. The number of aliphatic imine (C=N–C) groups is 1. The second-order valence-electron chi connectivity index (χ2n) is 5.80. The number of rotatable bonds is 7. The Balaban J connectivity index is 1.95. The third kappa shape index (κ3) is 5.45. The summed E-state index contributed by atoms with van der Waals surface area (Å²) in [6.07, 6.45) is 3.48. The molecule has 0 aliphatic heterocycles. The Morgan fingerprint density at radius 1 is 1.31 bits per heavy atom. The van der Waals surface area contributed by atoms with Gasteiger partial charge in [-0.3, -0.25) is 15.1 Å². The Bertz CT molecular complexity index is 835. The Kier molecular flexibility index (Phi) is 7.37. The van der Waals surface area contributed by atoms with Crippen LogP contribution in [0.1, 0.15) is 25.3 Å². The molecule has 7 nitrogen and oxygen atoms in total. The van der Waals surface area contributed by atoms with Crippen LogP contribution in [0.2, 0.25) is 0 Å². The SMILES string of the molecule is CCN=C(NC#N)NCCCCn1nc(-c2ccccc2)cc(C)c1=O. The van der Waals surface area contributed by atoms with Crippen LogP contribution in [0.25, 0.3) is 11.3 Å². The van der Waals surface area contributed by atoms with E-state index >= 15 is 0 Å². The number of aryl methyl sites for hydroxylation is 2. The second kappa shape index (κ2) is 9.99. The molecule has 0 aliphatic carbocycles. The first-order chi connectivity index (χ1) is 12.7. The zero-order valence-electron chi connectivity index (χ0n) is 15.2. The molecule has 0 saturated heterocycles. The maximum absolute atomic E-state index is 12.3. The van der Waals surface area contributed by atoms with E-state index in [1.54, 1.807) is 0 Å². The lowest BCUT2D eigenvalue weighted by Crippen LogP contribution is -2.35. The van der Waals surface area contributed by atoms with E-state index in [4.69, 9.17) is 5.26 Å². The van der Waals surface area contributed by atoms with E-state index in [0.717, 1.165) is 24.1 Å². The molecule has 1 heterocycles. The summed E-state index contributed by atoms with van der Waals surface area (Å²) in [4.78, 5) is 16.5. The Hall–Kier alpha value is -3.14. The number of nitrogens with zero attached hydrogens (tertiary/aromatic N) is 4. The van der Waals surface area contributed by atoms with Gasteiger partial charge in [-0.25, -0.2) is 4.68 Å². The minimum atomic E-state index is -0.0583. The normalized spacial score (nSPS) is 11.0. The van der Waals surface area contributed by atoms with Gasteiger partial charge in [0.05, 0.1) is 5.69 Å². The molecule has 0 unspecified atom stereocenters. The van der Waals surface area contributed by atoms with Crippen LogP contribution in [0, 0.1) is 18.4 Å². The molecule has 7 heteroatoms. The first-order valence-corrected chi connectivity index (χ1v) is 8.73. The summed E-state index contributed by atoms with van der Waals surface area (Å²) in [6.45, 7) is 5.53. The number of hydrogen-bond donors (Lipinski definition) is 2. The highest BCUT2D eigenvalue weighted by molar-refractivity contribution is 5.81. The third-order valence-corrected chi connectivity index (χ3v) is 3.80. The highest BCUT2D eigenvalue weighted by Gasteiger charge is 2.07. The van der Waals surface area contributed by atoms with Crippen LogP contribution < -0.4 is 16.2 Å². The van der Waals surface area contributed by atoms with Gasteiger partial charge in [0.15, 0.2) is 6.19 Å². The number of nitrogens with one attached hydrogen (secondary N) is 2. The number of guanidine groups is 1. The molecule has 0 atom stereocenters. The smallest absolute Gasteiger partial charge is 0.269 e. The Morgan fingerprint density at radius 2 is 2.08 bits per heavy atom. The Morgan fingerprint density at radius 3 is 2.77 bits per heavy atom. The Labute approximate surface area is 153 Å². The first kappa shape index (κ1) is 19.2. The van der Waals surface area contributed by atoms with E-state index < -0.39 is 0 Å². The number of benzene rings is 1. The number of aromatic nitrogens is 2. The number of nitriles is 1. The van der Waals surface area contributed by atoms with E-state index in [1.807, 2.05) is 56.4 Å². The van der Waals surface area contributed by atoms with Crippen molar-refractivity contribution in [2.75, 3.05) is 13.1 Å². The van der Waals surface area contributed by atoms with Crippen LogP contribution in [0.15, 0.2) is 46.2 Å². The standard InChI is InChI=1S/C19H24N6O/c1-3-21-19(23-14-20)22-11-7-8-12-25-18(26)15(2)13-17(24-25)16-9-5-4-6-10-16/h4-6,9-10,13H,3,7-8,11-12H2,1-2H3,(H2,21,22,23). The lowest BCUT2D eigenvalue weighted by atomic mass is 10.1. The van der Waals surface area contributed by atoms with Crippen molar-refractivity contribution in [1.82, 2.24) is 20.4 Å². The van der Waals surface area contributed by atoms with Crippen LogP contribution in [0.4, 0.5) is 0 Å². The highest BCUT2D eigenvalue weighted by atomic mass is 16.1. The van der Waals surface area contributed by atoms with Crippen molar-refractivity contribution >= 4 is 5.96 Å². The fraction of sp³-hybridized carbons (Fsp3) is 0.368. The van der Waals surface area contributed by atoms with Gasteiger partial charge in [-0.15, -0.1) is 0 Å². The van der Waals surface area contributed by atoms with Gasteiger partial charge < -0.3 is 5.32 Å². The zero-order valence-corrected chi connectivity index (χ0v) is 15.2. The van der Waals surface area contributed by atoms with Crippen molar-refractivity contribution < 1.29 is 0 Å². The van der Waals surface area contributed by atoms with Crippen LogP contribution in [-0.2, 0) is 6.54 Å². The molecule has 0 fully saturated rings. The lowest BCUT2D eigenvalue weighted by molar-refractivity contribution is 0.528. The fourth-order valence-corrected chi connectivity index (χ4v) is 2.52. The predicted octanol–water partition coefficient (Wildman–Crippen LogP) is 2.04. The molecule has 0 bridgehead atoms. The van der Waals surface area contributed by atoms with Crippen molar-refractivity contribution in [2.45, 2.75) is 33.2 Å². The van der Waals surface area contributed by atoms with Crippen molar-refractivity contribution in [3.8, 4) is 17.5 Å². The molecule has 2 N–H and O–H groups in total. The van der Waals surface area contributed by atoms with Crippen molar-refractivity contribution in [1.29, 1.82) is 5.26 Å². The molecule has 0 aliphatic rings. The van der Waals surface area contributed by atoms with Crippen LogP contribution in [0.3, 0.4) is 0 Å². The van der Waals surface area contributed by atoms with E-state index in [2.05, 4.69) is 20.7 Å². The second-order valence-corrected chi connectivity index (χ2v) is 5.80. The fourth-order valence-electron chi connectivity index (χ4n) is 2.52. The van der Waals surface area contributed by atoms with Gasteiger partial charge in [-0.05, 0) is 32.8 Å². The molecule has 26 heavy (non-hydrogen) atoms. The van der Waals surface area contributed by atoms with E-state index in [9.17, 15) is 4.79 Å². The van der Waals surface area contributed by atoms with Gasteiger partial charge >= 0.3 is 0 Å². The average Bonchev–Trinajstić information content (AvgIpc) is 2.65. The summed E-state index contributed by atoms with van der Waals surface area (Å²) in [5, 5.41) is 18.8. The first-order valence-electron chi connectivity index (χ1n) is 8.73. The van der Waals surface area contributed by atoms with Gasteiger partial charge in [0, 0.05) is 30.8 Å². The summed E-state index contributed by atoms with van der Waals surface area (Å²) in [5.41, 5.74) is 2.43. The number of hydrogen-bond acceptors (Lipinski definition) is 4. The topological polar surface area (TPSA) is 95.1 Å². The van der Waals surface area contributed by atoms with Crippen LogP contribution in [0.5, 0.6) is 0 Å². The minimum absolute atomic E-state index is 0.0583. The molecular weight excluding hydrogens is 328 g/mol. The van der Waals surface area contributed by atoms with Gasteiger partial charge in [-0.1, -0.05) is 30.3 Å². The van der Waals surface area contributed by atoms with Crippen LogP contribution >= 0.6 is 0 Å². The molecular formula is C19H24N6O. The van der Waals surface area contributed by atoms with Gasteiger partial charge in [0.25, 0.3) is 5.56 Å². The molecule has 0 radical (unpaired) electrons. The third-order valence-electron chi connectivity index (χ3n) is 3.80. The van der Waals surface area contributed by atoms with E-state index in [1.165, 1.54) is 4.68 Å². The summed E-state index contributed by atoms with van der Waals surface area (Å²) in [5.74, 6) is 0.479. The maximum atomic E-state index is 12.3. The van der Waals surface area contributed by atoms with E-state index in [-0.39, 0.29) is 5.56 Å². The van der Waals surface area contributed by atoms with Crippen molar-refractivity contribution in [3.63, 3.8) is 0 Å². The summed E-state index contributed by atoms with van der Waals surface area (Å²) >= 11 is 0. The summed E-state index contributed by atoms with van der Waals surface area (Å²) in [6, 6.07) is 11.7. The summed E-state index contributed by atoms with van der Waals surface area (Å²) in [7, 11) is 0. The van der Waals surface area contributed by atoms with Crippen molar-refractivity contribution in [3.05, 3.63) is 52.3 Å². The molecule has 2 rings (SSSR count). The average molecular weight is 352 g/mol. The largest absolute Gasteiger partial charge is 0.356 e. The van der Waals surface area contributed by atoms with Gasteiger partial charge in [0.1, 0.15) is 0 Å². The summed E-state index contributed by atoms with van der Waals surface area (Å²) < 4.78 is 1.53. The predicted molar refractivity (Wildman–Crippen MR) is 103 cm³/mol. The number of unbranched alkanes of at least 4 members (excludes halogenated alkanes) is 1. The molecule has 0 amide bonds.